The molecule has 0 aliphatic rings. The van der Waals surface area contributed by atoms with E-state index in [4.69, 9.17) is 0 Å². The van der Waals surface area contributed by atoms with Crippen molar-refractivity contribution in [3.05, 3.63) is 36.2 Å². The summed E-state index contributed by atoms with van der Waals surface area (Å²) in [5.41, 5.74) is 0.854. The number of allylic oxidation sites excluding steroid dienone is 5. The molecule has 0 spiro atoms. The molecule has 0 aromatic carbocycles. The van der Waals surface area contributed by atoms with Crippen LogP contribution < -0.4 is 0 Å². The Hall–Kier alpha value is -0.850. The first-order valence-electron chi connectivity index (χ1n) is 2.82. The molecular formula is C8H11F. The van der Waals surface area contributed by atoms with Crippen molar-refractivity contribution >= 4 is 0 Å². The average Bonchev–Trinajstić information content (AvgIpc) is 1.83. The number of hydrogen-bond donors (Lipinski definition) is 0. The molecule has 0 nitrogen and oxygen atoms in total. The lowest BCUT2D eigenvalue weighted by molar-refractivity contribution is 0.665. The van der Waals surface area contributed by atoms with Crippen molar-refractivity contribution in [3.63, 3.8) is 0 Å². The second kappa shape index (κ2) is 4.07. The highest BCUT2D eigenvalue weighted by Crippen LogP contribution is 1.99. The van der Waals surface area contributed by atoms with Gasteiger partial charge >= 0.3 is 0 Å². The molecule has 0 radical (unpaired) electrons. The van der Waals surface area contributed by atoms with Gasteiger partial charge in [-0.2, -0.15) is 0 Å². The van der Waals surface area contributed by atoms with E-state index in [9.17, 15) is 4.39 Å². The zero-order valence-corrected chi connectivity index (χ0v) is 5.82. The van der Waals surface area contributed by atoms with Crippen molar-refractivity contribution in [2.45, 2.75) is 13.8 Å². The van der Waals surface area contributed by atoms with Crippen LogP contribution in [0.4, 0.5) is 4.39 Å². The fourth-order valence-electron chi connectivity index (χ4n) is 0.318. The van der Waals surface area contributed by atoms with Crippen LogP contribution in [0.25, 0.3) is 0 Å². The summed E-state index contributed by atoms with van der Waals surface area (Å²) in [6.45, 7) is 7.05. The van der Waals surface area contributed by atoms with E-state index in [1.165, 1.54) is 12.2 Å². The molecule has 0 unspecified atom stereocenters. The molecule has 0 saturated carbocycles. The Balaban J connectivity index is 3.86. The van der Waals surface area contributed by atoms with Gasteiger partial charge in [-0.05, 0) is 19.9 Å². The van der Waals surface area contributed by atoms with E-state index in [0.29, 0.717) is 0 Å². The highest BCUT2D eigenvalue weighted by Gasteiger charge is 1.80. The maximum Gasteiger partial charge on any atom is 0.118 e. The van der Waals surface area contributed by atoms with E-state index in [0.717, 1.165) is 5.57 Å². The minimum atomic E-state index is -0.224. The summed E-state index contributed by atoms with van der Waals surface area (Å²) in [7, 11) is 0. The standard InChI is InChI=1S/C8H11F/c1-4-8(9)6-5-7(2)3/h4-6H,2H2,1,3H3/b6-5-,8-4-. The van der Waals surface area contributed by atoms with Crippen molar-refractivity contribution in [3.8, 4) is 0 Å². The normalized spacial score (nSPS) is 12.6. The summed E-state index contributed by atoms with van der Waals surface area (Å²) in [6, 6.07) is 0. The predicted molar refractivity (Wildman–Crippen MR) is 38.8 cm³/mol. The van der Waals surface area contributed by atoms with Crippen LogP contribution in [-0.2, 0) is 0 Å². The summed E-state index contributed by atoms with van der Waals surface area (Å²) in [6.07, 6.45) is 4.43. The van der Waals surface area contributed by atoms with Gasteiger partial charge < -0.3 is 0 Å². The maximum atomic E-state index is 12.2. The molecule has 0 saturated heterocycles. The molecule has 0 N–H and O–H groups in total. The number of hydrogen-bond acceptors (Lipinski definition) is 0. The molecule has 0 aromatic heterocycles. The van der Waals surface area contributed by atoms with E-state index in [1.807, 2.05) is 6.92 Å². The van der Waals surface area contributed by atoms with Gasteiger partial charge in [0.1, 0.15) is 5.83 Å². The Morgan fingerprint density at radius 3 is 2.33 bits per heavy atom. The zero-order chi connectivity index (χ0) is 7.28. The Bertz CT molecular complexity index is 152. The Labute approximate surface area is 55.4 Å². The third-order valence-electron chi connectivity index (χ3n) is 0.803. The highest BCUT2D eigenvalue weighted by molar-refractivity contribution is 5.20. The van der Waals surface area contributed by atoms with Gasteiger partial charge in [-0.1, -0.05) is 24.3 Å². The molecule has 0 bridgehead atoms. The molecule has 1 heteroatoms. The quantitative estimate of drug-likeness (QED) is 0.499. The van der Waals surface area contributed by atoms with Crippen LogP contribution in [0.1, 0.15) is 13.8 Å². The minimum absolute atomic E-state index is 0.224. The average molecular weight is 126 g/mol. The predicted octanol–water partition coefficient (Wildman–Crippen LogP) is 2.99. The minimum Gasteiger partial charge on any atom is -0.207 e. The van der Waals surface area contributed by atoms with Crippen LogP contribution in [-0.4, -0.2) is 0 Å². The first kappa shape index (κ1) is 8.15. The fraction of sp³-hybridized carbons (Fsp3) is 0.250. The largest absolute Gasteiger partial charge is 0.207 e. The lowest BCUT2D eigenvalue weighted by Gasteiger charge is -1.83. The smallest absolute Gasteiger partial charge is 0.118 e. The van der Waals surface area contributed by atoms with Crippen LogP contribution in [0.15, 0.2) is 36.2 Å². The highest BCUT2D eigenvalue weighted by atomic mass is 19.1. The van der Waals surface area contributed by atoms with Crippen LogP contribution in [0.3, 0.4) is 0 Å². The third-order valence-corrected chi connectivity index (χ3v) is 0.803. The van der Waals surface area contributed by atoms with Gasteiger partial charge in [0.25, 0.3) is 0 Å². The Kier molecular flexibility index (Phi) is 3.69. The number of halogens is 1. The fourth-order valence-corrected chi connectivity index (χ4v) is 0.318. The zero-order valence-electron chi connectivity index (χ0n) is 5.82. The van der Waals surface area contributed by atoms with E-state index in [-0.39, 0.29) is 5.83 Å². The number of rotatable bonds is 2. The molecular weight excluding hydrogens is 115 g/mol. The maximum absolute atomic E-state index is 12.2. The van der Waals surface area contributed by atoms with E-state index >= 15 is 0 Å². The van der Waals surface area contributed by atoms with Crippen LogP contribution in [0.5, 0.6) is 0 Å². The van der Waals surface area contributed by atoms with E-state index < -0.39 is 0 Å². The third kappa shape index (κ3) is 5.01. The summed E-state index contributed by atoms with van der Waals surface area (Å²) < 4.78 is 12.2. The van der Waals surface area contributed by atoms with Gasteiger partial charge in [-0.25, -0.2) is 4.39 Å². The molecule has 9 heavy (non-hydrogen) atoms. The molecule has 50 valence electrons. The van der Waals surface area contributed by atoms with Crippen molar-refractivity contribution in [1.82, 2.24) is 0 Å². The molecule has 0 aliphatic carbocycles. The molecule has 0 fully saturated rings. The second-order valence-electron chi connectivity index (χ2n) is 1.85. The summed E-state index contributed by atoms with van der Waals surface area (Å²) >= 11 is 0. The Morgan fingerprint density at radius 1 is 1.44 bits per heavy atom. The summed E-state index contributed by atoms with van der Waals surface area (Å²) in [4.78, 5) is 0. The monoisotopic (exact) mass is 126 g/mol. The van der Waals surface area contributed by atoms with E-state index in [1.54, 1.807) is 13.0 Å². The van der Waals surface area contributed by atoms with Crippen LogP contribution in [0.2, 0.25) is 0 Å². The Morgan fingerprint density at radius 2 is 2.00 bits per heavy atom. The molecule has 0 rings (SSSR count). The molecule has 0 atom stereocenters. The van der Waals surface area contributed by atoms with Crippen molar-refractivity contribution in [1.29, 1.82) is 0 Å². The van der Waals surface area contributed by atoms with Crippen molar-refractivity contribution in [2.75, 3.05) is 0 Å². The van der Waals surface area contributed by atoms with Crippen molar-refractivity contribution < 1.29 is 4.39 Å². The van der Waals surface area contributed by atoms with Gasteiger partial charge in [0.05, 0.1) is 0 Å². The SMILES string of the molecule is C=C(C)/C=C\C(F)=C\C. The van der Waals surface area contributed by atoms with Gasteiger partial charge in [0.2, 0.25) is 0 Å². The molecule has 0 amide bonds. The summed E-state index contributed by atoms with van der Waals surface area (Å²) in [5, 5.41) is 0. The lowest BCUT2D eigenvalue weighted by Crippen LogP contribution is -1.63. The first-order valence-corrected chi connectivity index (χ1v) is 2.82. The van der Waals surface area contributed by atoms with Gasteiger partial charge in [0.15, 0.2) is 0 Å². The van der Waals surface area contributed by atoms with Gasteiger partial charge in [-0.3, -0.25) is 0 Å². The second-order valence-corrected chi connectivity index (χ2v) is 1.85. The first-order chi connectivity index (χ1) is 4.16. The van der Waals surface area contributed by atoms with Crippen LogP contribution >= 0.6 is 0 Å². The molecule has 0 aliphatic heterocycles. The summed E-state index contributed by atoms with van der Waals surface area (Å²) in [5.74, 6) is -0.224. The van der Waals surface area contributed by atoms with Crippen LogP contribution in [0, 0.1) is 0 Å². The van der Waals surface area contributed by atoms with Gasteiger partial charge in [0, 0.05) is 0 Å². The van der Waals surface area contributed by atoms with E-state index in [2.05, 4.69) is 6.58 Å². The van der Waals surface area contributed by atoms with Gasteiger partial charge in [-0.15, -0.1) is 0 Å². The lowest BCUT2D eigenvalue weighted by atomic mass is 10.3. The molecule has 0 aromatic rings. The van der Waals surface area contributed by atoms with Crippen molar-refractivity contribution in [2.24, 2.45) is 0 Å². The molecule has 0 heterocycles. The topological polar surface area (TPSA) is 0 Å².